The van der Waals surface area contributed by atoms with Crippen LogP contribution in [0.4, 0.5) is 0 Å². The largest absolute Gasteiger partial charge is 0.240 e. The fourth-order valence-electron chi connectivity index (χ4n) is 3.46. The summed E-state index contributed by atoms with van der Waals surface area (Å²) in [5.74, 6) is 0.971. The Morgan fingerprint density at radius 2 is 1.71 bits per heavy atom. The molecule has 0 saturated heterocycles. The van der Waals surface area contributed by atoms with Crippen LogP contribution in [0.5, 0.6) is 0 Å². The average molecular weight is 486 g/mol. The Kier molecular flexibility index (Phi) is 7.01. The van der Waals surface area contributed by atoms with Crippen LogP contribution in [0.25, 0.3) is 23.0 Å². The molecular weight excluding hydrogens is 462 g/mol. The molecule has 4 rings (SSSR count). The second-order valence-electron chi connectivity index (χ2n) is 7.61. The second-order valence-corrected chi connectivity index (χ2v) is 10.9. The average Bonchev–Trinajstić information content (AvgIpc) is 3.28. The normalized spacial score (nSPS) is 11.9. The van der Waals surface area contributed by atoms with Crippen molar-refractivity contribution >= 4 is 27.7 Å². The molecular formula is C27H23N3O2S2. The monoisotopic (exact) mass is 485 g/mol. The van der Waals surface area contributed by atoms with Crippen molar-refractivity contribution in [3.8, 4) is 23.0 Å². The van der Waals surface area contributed by atoms with Gasteiger partial charge in [-0.2, -0.15) is 10.4 Å². The van der Waals surface area contributed by atoms with Crippen molar-refractivity contribution in [2.45, 2.75) is 23.6 Å². The van der Waals surface area contributed by atoms with Gasteiger partial charge in [0.2, 0.25) is 9.84 Å². The van der Waals surface area contributed by atoms with Crippen molar-refractivity contribution in [3.05, 3.63) is 101 Å². The lowest BCUT2D eigenvalue weighted by Gasteiger charge is -2.05. The number of thioether (sulfide) groups is 1. The van der Waals surface area contributed by atoms with Crippen LogP contribution in [0, 0.1) is 18.3 Å². The maximum absolute atomic E-state index is 13.2. The number of aryl methyl sites for hydroxylation is 1. The molecule has 1 aromatic heterocycles. The van der Waals surface area contributed by atoms with E-state index in [4.69, 9.17) is 5.10 Å². The van der Waals surface area contributed by atoms with E-state index < -0.39 is 9.84 Å². The van der Waals surface area contributed by atoms with E-state index in [0.717, 1.165) is 27.5 Å². The number of benzene rings is 3. The molecule has 170 valence electrons. The van der Waals surface area contributed by atoms with Gasteiger partial charge in [0.25, 0.3) is 0 Å². The minimum Gasteiger partial charge on any atom is -0.240 e. The Labute approximate surface area is 204 Å². The SMILES string of the molecule is CCSc1ccc(-c2nn(-c3ccccc3)cc2/C=C(/C#N)S(=O)(=O)c2ccc(C)cc2)cc1. The van der Waals surface area contributed by atoms with Gasteiger partial charge >= 0.3 is 0 Å². The van der Waals surface area contributed by atoms with Crippen LogP contribution in [0.3, 0.4) is 0 Å². The van der Waals surface area contributed by atoms with E-state index in [1.807, 2.05) is 67.6 Å². The molecule has 7 heteroatoms. The number of para-hydroxylation sites is 1. The summed E-state index contributed by atoms with van der Waals surface area (Å²) in [4.78, 5) is 0.901. The molecule has 4 aromatic rings. The number of aromatic nitrogens is 2. The molecule has 0 aliphatic heterocycles. The second kappa shape index (κ2) is 10.1. The highest BCUT2D eigenvalue weighted by molar-refractivity contribution is 7.99. The van der Waals surface area contributed by atoms with Crippen molar-refractivity contribution in [1.82, 2.24) is 9.78 Å². The van der Waals surface area contributed by atoms with Gasteiger partial charge in [-0.3, -0.25) is 0 Å². The highest BCUT2D eigenvalue weighted by atomic mass is 32.2. The highest BCUT2D eigenvalue weighted by Gasteiger charge is 2.22. The number of sulfone groups is 1. The van der Waals surface area contributed by atoms with Gasteiger partial charge in [-0.1, -0.05) is 55.0 Å². The highest BCUT2D eigenvalue weighted by Crippen LogP contribution is 2.30. The van der Waals surface area contributed by atoms with Crippen LogP contribution in [0.2, 0.25) is 0 Å². The number of nitrogens with zero attached hydrogens (tertiary/aromatic N) is 3. The first-order chi connectivity index (χ1) is 16.4. The van der Waals surface area contributed by atoms with Gasteiger partial charge in [0.1, 0.15) is 16.7 Å². The van der Waals surface area contributed by atoms with Gasteiger partial charge in [0, 0.05) is 22.2 Å². The van der Waals surface area contributed by atoms with E-state index in [9.17, 15) is 13.7 Å². The molecule has 1 heterocycles. The number of allylic oxidation sites excluding steroid dienone is 1. The predicted octanol–water partition coefficient (Wildman–Crippen LogP) is 6.30. The number of nitriles is 1. The molecule has 0 aliphatic carbocycles. The van der Waals surface area contributed by atoms with Gasteiger partial charge in [-0.05, 0) is 55.2 Å². The molecule has 34 heavy (non-hydrogen) atoms. The van der Waals surface area contributed by atoms with Crippen molar-refractivity contribution in [2.24, 2.45) is 0 Å². The fraction of sp³-hybridized carbons (Fsp3) is 0.111. The zero-order chi connectivity index (χ0) is 24.1. The molecule has 0 radical (unpaired) electrons. The molecule has 0 bridgehead atoms. The van der Waals surface area contributed by atoms with Crippen LogP contribution in [0.1, 0.15) is 18.1 Å². The minimum absolute atomic E-state index is 0.0869. The molecule has 3 aromatic carbocycles. The molecule has 0 saturated carbocycles. The zero-order valence-corrected chi connectivity index (χ0v) is 20.5. The third-order valence-corrected chi connectivity index (χ3v) is 7.79. The minimum atomic E-state index is -3.97. The maximum atomic E-state index is 13.2. The summed E-state index contributed by atoms with van der Waals surface area (Å²) in [5, 5.41) is 14.5. The van der Waals surface area contributed by atoms with Gasteiger partial charge < -0.3 is 0 Å². The summed E-state index contributed by atoms with van der Waals surface area (Å²) < 4.78 is 28.1. The van der Waals surface area contributed by atoms with E-state index >= 15 is 0 Å². The fourth-order valence-corrected chi connectivity index (χ4v) is 5.27. The zero-order valence-electron chi connectivity index (χ0n) is 18.8. The lowest BCUT2D eigenvalue weighted by Crippen LogP contribution is -2.03. The molecule has 0 aliphatic rings. The summed E-state index contributed by atoms with van der Waals surface area (Å²) in [6, 6.07) is 25.9. The van der Waals surface area contributed by atoms with Crippen LogP contribution < -0.4 is 0 Å². The van der Waals surface area contributed by atoms with E-state index in [2.05, 4.69) is 6.92 Å². The van der Waals surface area contributed by atoms with Gasteiger partial charge in [0.15, 0.2) is 0 Å². The van der Waals surface area contributed by atoms with Crippen molar-refractivity contribution in [2.75, 3.05) is 5.75 Å². The molecule has 0 unspecified atom stereocenters. The van der Waals surface area contributed by atoms with Crippen LogP contribution in [-0.4, -0.2) is 24.0 Å². The van der Waals surface area contributed by atoms with Crippen LogP contribution in [-0.2, 0) is 9.84 Å². The van der Waals surface area contributed by atoms with E-state index in [1.54, 1.807) is 34.8 Å². The van der Waals surface area contributed by atoms with E-state index in [1.165, 1.54) is 18.2 Å². The molecule has 0 amide bonds. The van der Waals surface area contributed by atoms with Crippen molar-refractivity contribution < 1.29 is 8.42 Å². The lowest BCUT2D eigenvalue weighted by atomic mass is 10.1. The summed E-state index contributed by atoms with van der Waals surface area (Å²) >= 11 is 1.74. The van der Waals surface area contributed by atoms with Crippen molar-refractivity contribution in [3.63, 3.8) is 0 Å². The summed E-state index contributed by atoms with van der Waals surface area (Å²) in [5.41, 5.74) is 3.76. The van der Waals surface area contributed by atoms with Gasteiger partial charge in [-0.25, -0.2) is 13.1 Å². The number of rotatable bonds is 7. The van der Waals surface area contributed by atoms with Gasteiger partial charge in [-0.15, -0.1) is 11.8 Å². The van der Waals surface area contributed by atoms with Crippen LogP contribution in [0.15, 0.2) is 99.8 Å². The molecule has 5 nitrogen and oxygen atoms in total. The Bertz CT molecular complexity index is 1460. The summed E-state index contributed by atoms with van der Waals surface area (Å²) in [6.07, 6.45) is 3.16. The first-order valence-electron chi connectivity index (χ1n) is 10.7. The third-order valence-electron chi connectivity index (χ3n) is 5.22. The smallest absolute Gasteiger partial charge is 0.216 e. The molecule has 0 spiro atoms. The molecule has 0 fully saturated rings. The third kappa shape index (κ3) is 4.98. The number of hydrogen-bond acceptors (Lipinski definition) is 5. The first kappa shape index (κ1) is 23.6. The topological polar surface area (TPSA) is 75.8 Å². The van der Waals surface area contributed by atoms with E-state index in [-0.39, 0.29) is 9.80 Å². The van der Waals surface area contributed by atoms with Gasteiger partial charge in [0.05, 0.1) is 10.6 Å². The predicted molar refractivity (Wildman–Crippen MR) is 137 cm³/mol. The van der Waals surface area contributed by atoms with Crippen molar-refractivity contribution in [1.29, 1.82) is 5.26 Å². The lowest BCUT2D eigenvalue weighted by molar-refractivity contribution is 0.603. The Morgan fingerprint density at radius 1 is 1.03 bits per heavy atom. The Hall–Kier alpha value is -3.60. The molecule has 0 N–H and O–H groups in total. The standard InChI is InChI=1S/C27H23N3O2S2/c1-3-33-24-13-11-21(12-14-24)27-22(19-30(29-27)23-7-5-4-6-8-23)17-26(18-28)34(31,32)25-15-9-20(2)10-16-25/h4-17,19H,3H2,1-2H3/b26-17-. The quantitative estimate of drug-likeness (QED) is 0.227. The maximum Gasteiger partial charge on any atom is 0.216 e. The summed E-state index contributed by atoms with van der Waals surface area (Å²) in [6.45, 7) is 3.98. The Balaban J connectivity index is 1.85. The number of hydrogen-bond donors (Lipinski definition) is 0. The van der Waals surface area contributed by atoms with E-state index in [0.29, 0.717) is 11.3 Å². The first-order valence-corrected chi connectivity index (χ1v) is 13.2. The summed E-state index contributed by atoms with van der Waals surface area (Å²) in [7, 11) is -3.97. The Morgan fingerprint density at radius 3 is 2.32 bits per heavy atom. The van der Waals surface area contributed by atoms with Crippen LogP contribution >= 0.6 is 11.8 Å². The molecule has 0 atom stereocenters.